The van der Waals surface area contributed by atoms with Gasteiger partial charge in [0.25, 0.3) is 0 Å². The van der Waals surface area contributed by atoms with Gasteiger partial charge in [-0.1, -0.05) is 27.4 Å². The highest BCUT2D eigenvalue weighted by Gasteiger charge is 2.62. The second-order valence-electron chi connectivity index (χ2n) is 8.95. The van der Waals surface area contributed by atoms with Crippen molar-refractivity contribution in [2.75, 3.05) is 0 Å². The lowest BCUT2D eigenvalue weighted by Gasteiger charge is -2.45. The maximum absolute atomic E-state index is 11.8. The minimum Gasteiger partial charge on any atom is -0.459 e. The number of ether oxygens (including phenoxy) is 1. The van der Waals surface area contributed by atoms with Crippen molar-refractivity contribution in [1.82, 2.24) is 0 Å². The molecule has 0 amide bonds. The molecule has 0 aromatic carbocycles. The van der Waals surface area contributed by atoms with Crippen LogP contribution in [0, 0.1) is 28.6 Å². The lowest BCUT2D eigenvalue weighted by atomic mass is 9.61. The average molecular weight is 304 g/mol. The zero-order chi connectivity index (χ0) is 16.1. The van der Waals surface area contributed by atoms with Gasteiger partial charge in [-0.05, 0) is 80.5 Å². The van der Waals surface area contributed by atoms with Crippen LogP contribution in [0.15, 0.2) is 12.2 Å². The van der Waals surface area contributed by atoms with Crippen molar-refractivity contribution in [2.45, 2.75) is 78.7 Å². The minimum atomic E-state index is -0.204. The van der Waals surface area contributed by atoms with Crippen molar-refractivity contribution in [1.29, 1.82) is 0 Å². The first-order valence-electron chi connectivity index (χ1n) is 9.12. The van der Waals surface area contributed by atoms with Gasteiger partial charge in [-0.2, -0.15) is 0 Å². The average Bonchev–Trinajstić information content (AvgIpc) is 2.80. The molecule has 3 unspecified atom stereocenters. The van der Waals surface area contributed by atoms with Crippen LogP contribution in [0.25, 0.3) is 0 Å². The topological polar surface area (TPSA) is 26.3 Å². The van der Waals surface area contributed by atoms with Gasteiger partial charge in [0.2, 0.25) is 0 Å². The molecule has 2 nitrogen and oxygen atoms in total. The van der Waals surface area contributed by atoms with Crippen LogP contribution in [0.3, 0.4) is 0 Å². The molecule has 3 aliphatic rings. The molecule has 5 atom stereocenters. The van der Waals surface area contributed by atoms with E-state index in [2.05, 4.69) is 27.4 Å². The maximum Gasteiger partial charge on any atom is 0.333 e. The molecule has 3 fully saturated rings. The minimum absolute atomic E-state index is 0.119. The monoisotopic (exact) mass is 304 g/mol. The highest BCUT2D eigenvalue weighted by molar-refractivity contribution is 5.87. The second-order valence-corrected chi connectivity index (χ2v) is 8.95. The summed E-state index contributed by atoms with van der Waals surface area (Å²) in [5.41, 5.74) is 1.50. The molecule has 0 radical (unpaired) electrons. The van der Waals surface area contributed by atoms with Crippen molar-refractivity contribution in [2.24, 2.45) is 28.6 Å². The van der Waals surface area contributed by atoms with Crippen LogP contribution >= 0.6 is 0 Å². The zero-order valence-electron chi connectivity index (χ0n) is 14.8. The van der Waals surface area contributed by atoms with Crippen LogP contribution in [-0.4, -0.2) is 12.1 Å². The summed E-state index contributed by atoms with van der Waals surface area (Å²) in [6.07, 6.45) is 8.96. The third-order valence-corrected chi connectivity index (χ3v) is 7.72. The third kappa shape index (κ3) is 2.34. The predicted octanol–water partition coefficient (Wildman–Crippen LogP) is 5.13. The van der Waals surface area contributed by atoms with Crippen LogP contribution in [0.1, 0.15) is 72.6 Å². The molecule has 0 aliphatic heterocycles. The van der Waals surface area contributed by atoms with Gasteiger partial charge in [-0.15, -0.1) is 0 Å². The molecule has 124 valence electrons. The van der Waals surface area contributed by atoms with E-state index in [1.807, 2.05) is 0 Å². The standard InChI is InChI=1S/C20H32O2/c1-13(2)18(21)22-16-8-6-7-14(11-16)17-12-15-9-10-20(17,5)19(15,3)4/h14-17H,1,6-12H2,2-5H3/t14?,15-,16?,17?,20-/m1/s1. The van der Waals surface area contributed by atoms with E-state index in [1.54, 1.807) is 6.92 Å². The summed E-state index contributed by atoms with van der Waals surface area (Å²) in [7, 11) is 0. The Morgan fingerprint density at radius 3 is 2.41 bits per heavy atom. The van der Waals surface area contributed by atoms with Crippen LogP contribution in [0.2, 0.25) is 0 Å². The molecule has 3 saturated carbocycles. The molecular formula is C20H32O2. The molecule has 0 aromatic rings. The summed E-state index contributed by atoms with van der Waals surface area (Å²) in [6.45, 7) is 13.0. The quantitative estimate of drug-likeness (QED) is 0.534. The fourth-order valence-corrected chi connectivity index (χ4v) is 5.88. The van der Waals surface area contributed by atoms with Crippen molar-refractivity contribution in [3.05, 3.63) is 12.2 Å². The van der Waals surface area contributed by atoms with Gasteiger partial charge < -0.3 is 4.74 Å². The van der Waals surface area contributed by atoms with E-state index < -0.39 is 0 Å². The molecule has 0 N–H and O–H groups in total. The second kappa shape index (κ2) is 5.39. The van der Waals surface area contributed by atoms with Gasteiger partial charge >= 0.3 is 5.97 Å². The number of hydrogen-bond donors (Lipinski definition) is 0. The van der Waals surface area contributed by atoms with Crippen molar-refractivity contribution >= 4 is 5.97 Å². The van der Waals surface area contributed by atoms with E-state index >= 15 is 0 Å². The van der Waals surface area contributed by atoms with E-state index in [0.29, 0.717) is 16.4 Å². The Kier molecular flexibility index (Phi) is 3.94. The van der Waals surface area contributed by atoms with Gasteiger partial charge in [0.1, 0.15) is 6.10 Å². The zero-order valence-corrected chi connectivity index (χ0v) is 14.8. The number of rotatable bonds is 3. The molecular weight excluding hydrogens is 272 g/mol. The smallest absolute Gasteiger partial charge is 0.333 e. The van der Waals surface area contributed by atoms with Crippen molar-refractivity contribution in [3.8, 4) is 0 Å². The number of esters is 1. The van der Waals surface area contributed by atoms with Crippen LogP contribution in [-0.2, 0) is 9.53 Å². The molecule has 22 heavy (non-hydrogen) atoms. The third-order valence-electron chi connectivity index (χ3n) is 7.72. The molecule has 0 spiro atoms. The first-order valence-corrected chi connectivity index (χ1v) is 9.12. The van der Waals surface area contributed by atoms with Crippen LogP contribution < -0.4 is 0 Å². The van der Waals surface area contributed by atoms with E-state index in [4.69, 9.17) is 4.74 Å². The first-order chi connectivity index (χ1) is 10.3. The summed E-state index contributed by atoms with van der Waals surface area (Å²) in [5.74, 6) is 2.27. The number of fused-ring (bicyclic) bond motifs is 2. The van der Waals surface area contributed by atoms with E-state index in [0.717, 1.165) is 30.6 Å². The lowest BCUT2D eigenvalue weighted by Crippen LogP contribution is -2.39. The Morgan fingerprint density at radius 2 is 1.86 bits per heavy atom. The van der Waals surface area contributed by atoms with E-state index in [-0.39, 0.29) is 12.1 Å². The fourth-order valence-electron chi connectivity index (χ4n) is 5.88. The Hall–Kier alpha value is -0.790. The molecule has 0 saturated heterocycles. The summed E-state index contributed by atoms with van der Waals surface area (Å²) in [6, 6.07) is 0. The molecule has 2 heteroatoms. The Balaban J connectivity index is 1.69. The Labute approximate surface area is 135 Å². The number of carbonyl (C=O) groups is 1. The normalized spacial score (nSPS) is 43.1. The molecule has 0 aromatic heterocycles. The van der Waals surface area contributed by atoms with Crippen molar-refractivity contribution < 1.29 is 9.53 Å². The summed E-state index contributed by atoms with van der Waals surface area (Å²) < 4.78 is 5.67. The molecule has 3 rings (SSSR count). The number of carbonyl (C=O) groups excluding carboxylic acids is 1. The van der Waals surface area contributed by atoms with Gasteiger partial charge in [0.05, 0.1) is 0 Å². The highest BCUT2D eigenvalue weighted by atomic mass is 16.5. The first kappa shape index (κ1) is 16.1. The van der Waals surface area contributed by atoms with E-state index in [9.17, 15) is 4.79 Å². The Bertz CT molecular complexity index is 478. The maximum atomic E-state index is 11.8. The molecule has 3 aliphatic carbocycles. The lowest BCUT2D eigenvalue weighted by molar-refractivity contribution is -0.147. The van der Waals surface area contributed by atoms with Crippen LogP contribution in [0.5, 0.6) is 0 Å². The molecule has 2 bridgehead atoms. The van der Waals surface area contributed by atoms with Gasteiger partial charge in [-0.25, -0.2) is 4.79 Å². The molecule has 0 heterocycles. The highest BCUT2D eigenvalue weighted by Crippen LogP contribution is 2.70. The fraction of sp³-hybridized carbons (Fsp3) is 0.850. The van der Waals surface area contributed by atoms with Gasteiger partial charge in [0, 0.05) is 5.57 Å². The van der Waals surface area contributed by atoms with Gasteiger partial charge in [0.15, 0.2) is 0 Å². The van der Waals surface area contributed by atoms with Crippen molar-refractivity contribution in [3.63, 3.8) is 0 Å². The summed E-state index contributed by atoms with van der Waals surface area (Å²) >= 11 is 0. The van der Waals surface area contributed by atoms with Gasteiger partial charge in [-0.3, -0.25) is 0 Å². The number of hydrogen-bond acceptors (Lipinski definition) is 2. The van der Waals surface area contributed by atoms with E-state index in [1.165, 1.54) is 32.1 Å². The van der Waals surface area contributed by atoms with Crippen LogP contribution in [0.4, 0.5) is 0 Å². The Morgan fingerprint density at radius 1 is 1.14 bits per heavy atom. The summed E-state index contributed by atoms with van der Waals surface area (Å²) in [5, 5.41) is 0. The SMILES string of the molecule is C=C(C)C(=O)OC1CCCC(C2C[C@H]3CC[C@@]2(C)C3(C)C)C1. The largest absolute Gasteiger partial charge is 0.459 e. The summed E-state index contributed by atoms with van der Waals surface area (Å²) in [4.78, 5) is 11.8. The predicted molar refractivity (Wildman–Crippen MR) is 89.4 cm³/mol.